The molecule has 1 saturated heterocycles. The third-order valence-electron chi connectivity index (χ3n) is 3.11. The molecule has 1 fully saturated rings. The van der Waals surface area contributed by atoms with E-state index in [0.29, 0.717) is 0 Å². The van der Waals surface area contributed by atoms with Crippen molar-refractivity contribution >= 4 is 21.7 Å². The molecule has 0 bridgehead atoms. The van der Waals surface area contributed by atoms with Crippen LogP contribution < -0.4 is 5.73 Å². The Bertz CT molecular complexity index is 533. The first-order valence-electron chi connectivity index (χ1n) is 5.02. The fourth-order valence-electron chi connectivity index (χ4n) is 1.98. The molecule has 0 aromatic carbocycles. The Balaban J connectivity index is 2.39. The Morgan fingerprint density at radius 3 is 2.47 bits per heavy atom. The Hall–Kier alpha value is -1.57. The van der Waals surface area contributed by atoms with Gasteiger partial charge < -0.3 is 15.4 Å². The van der Waals surface area contributed by atoms with Gasteiger partial charge in [0.25, 0.3) is 0 Å². The molecule has 3 N–H and O–H groups in total. The van der Waals surface area contributed by atoms with Crippen molar-refractivity contribution in [3.8, 4) is 0 Å². The number of anilines is 1. The molecule has 1 aliphatic heterocycles. The number of nitrogen functional groups attached to an aromatic ring is 1. The summed E-state index contributed by atoms with van der Waals surface area (Å²) in [6.07, 6.45) is -0.00667. The summed E-state index contributed by atoms with van der Waals surface area (Å²) in [7, 11) is -3.14. The van der Waals surface area contributed by atoms with E-state index in [-0.39, 0.29) is 35.9 Å². The van der Waals surface area contributed by atoms with E-state index >= 15 is 0 Å². The van der Waals surface area contributed by atoms with Crippen LogP contribution in [0.5, 0.6) is 0 Å². The predicted molar refractivity (Wildman–Crippen MR) is 58.1 cm³/mol. The molecule has 1 aliphatic rings. The minimum atomic E-state index is -3.14. The second-order valence-corrected chi connectivity index (χ2v) is 6.46. The van der Waals surface area contributed by atoms with E-state index in [2.05, 4.69) is 9.68 Å². The fraction of sp³-hybridized carbons (Fsp3) is 0.556. The average Bonchev–Trinajstić information content (AvgIpc) is 2.65. The first-order chi connectivity index (χ1) is 7.86. The fourth-order valence-corrected chi connectivity index (χ4v) is 3.50. The lowest BCUT2D eigenvalue weighted by atomic mass is 9.79. The molecule has 0 spiro atoms. The largest absolute Gasteiger partial charge is 0.481 e. The van der Waals surface area contributed by atoms with Crippen LogP contribution in [0.1, 0.15) is 18.5 Å². The van der Waals surface area contributed by atoms with Crippen molar-refractivity contribution in [1.29, 1.82) is 0 Å². The van der Waals surface area contributed by atoms with Crippen LogP contribution in [0.25, 0.3) is 0 Å². The predicted octanol–water partition coefficient (Wildman–Crippen LogP) is -0.212. The number of aliphatic carboxylic acids is 1. The minimum Gasteiger partial charge on any atom is -0.481 e. The zero-order valence-corrected chi connectivity index (χ0v) is 9.74. The Morgan fingerprint density at radius 1 is 1.47 bits per heavy atom. The second-order valence-electron chi connectivity index (χ2n) is 4.15. The van der Waals surface area contributed by atoms with Crippen molar-refractivity contribution in [2.45, 2.75) is 18.3 Å². The van der Waals surface area contributed by atoms with Gasteiger partial charge in [0.15, 0.2) is 0 Å². The van der Waals surface area contributed by atoms with Crippen LogP contribution in [0.3, 0.4) is 0 Å². The smallest absolute Gasteiger partial charge is 0.315 e. The Kier molecular flexibility index (Phi) is 2.61. The van der Waals surface area contributed by atoms with E-state index in [1.54, 1.807) is 0 Å². The van der Waals surface area contributed by atoms with Gasteiger partial charge in [0, 0.05) is 6.07 Å². The van der Waals surface area contributed by atoms with E-state index in [0.717, 1.165) is 0 Å². The first kappa shape index (κ1) is 11.9. The maximum Gasteiger partial charge on any atom is 0.315 e. The van der Waals surface area contributed by atoms with Gasteiger partial charge in [-0.15, -0.1) is 0 Å². The Morgan fingerprint density at radius 2 is 2.06 bits per heavy atom. The van der Waals surface area contributed by atoms with Crippen molar-refractivity contribution in [3.63, 3.8) is 0 Å². The summed E-state index contributed by atoms with van der Waals surface area (Å²) in [5.41, 5.74) is 4.25. The number of nitrogens with two attached hydrogens (primary N) is 1. The molecule has 1 aromatic heterocycles. The third-order valence-corrected chi connectivity index (χ3v) is 4.76. The monoisotopic (exact) mass is 260 g/mol. The van der Waals surface area contributed by atoms with Crippen molar-refractivity contribution in [2.75, 3.05) is 17.2 Å². The van der Waals surface area contributed by atoms with E-state index in [1.165, 1.54) is 6.07 Å². The molecule has 0 saturated carbocycles. The van der Waals surface area contributed by atoms with Crippen LogP contribution in [0.2, 0.25) is 0 Å². The highest BCUT2D eigenvalue weighted by Gasteiger charge is 2.47. The molecule has 7 nitrogen and oxygen atoms in total. The molecule has 1 aromatic rings. The lowest BCUT2D eigenvalue weighted by molar-refractivity contribution is -0.144. The van der Waals surface area contributed by atoms with Crippen LogP contribution in [0.4, 0.5) is 5.88 Å². The number of rotatable bonds is 2. The van der Waals surface area contributed by atoms with Crippen LogP contribution in [0, 0.1) is 0 Å². The number of hydrogen-bond acceptors (Lipinski definition) is 6. The molecule has 94 valence electrons. The lowest BCUT2D eigenvalue weighted by Gasteiger charge is -2.30. The van der Waals surface area contributed by atoms with E-state index < -0.39 is 21.2 Å². The number of carbonyl (C=O) groups is 1. The first-order valence-corrected chi connectivity index (χ1v) is 6.84. The maximum atomic E-state index is 11.4. The molecule has 2 rings (SSSR count). The summed E-state index contributed by atoms with van der Waals surface area (Å²) in [6, 6.07) is 1.34. The van der Waals surface area contributed by atoms with Gasteiger partial charge in [0.1, 0.15) is 20.9 Å². The van der Waals surface area contributed by atoms with Gasteiger partial charge in [-0.3, -0.25) is 4.79 Å². The summed E-state index contributed by atoms with van der Waals surface area (Å²) in [4.78, 5) is 11.4. The summed E-state index contributed by atoms with van der Waals surface area (Å²) in [5, 5.41) is 12.9. The number of aromatic nitrogens is 1. The maximum absolute atomic E-state index is 11.4. The molecular formula is C9H12N2O5S. The highest BCUT2D eigenvalue weighted by Crippen LogP contribution is 2.36. The summed E-state index contributed by atoms with van der Waals surface area (Å²) < 4.78 is 27.3. The topological polar surface area (TPSA) is 123 Å². The zero-order chi connectivity index (χ0) is 12.7. The van der Waals surface area contributed by atoms with Gasteiger partial charge in [0.05, 0.1) is 11.5 Å². The van der Waals surface area contributed by atoms with Crippen LogP contribution in [-0.2, 0) is 20.0 Å². The molecule has 0 radical (unpaired) electrons. The van der Waals surface area contributed by atoms with Crippen molar-refractivity contribution in [2.24, 2.45) is 0 Å². The molecule has 0 unspecified atom stereocenters. The summed E-state index contributed by atoms with van der Waals surface area (Å²) in [6.45, 7) is 0. The van der Waals surface area contributed by atoms with Crippen LogP contribution in [-0.4, -0.2) is 36.2 Å². The van der Waals surface area contributed by atoms with E-state index in [4.69, 9.17) is 5.73 Å². The number of nitrogens with zero attached hydrogens (tertiary/aromatic N) is 1. The van der Waals surface area contributed by atoms with E-state index in [9.17, 15) is 18.3 Å². The zero-order valence-electron chi connectivity index (χ0n) is 8.92. The summed E-state index contributed by atoms with van der Waals surface area (Å²) in [5.74, 6) is -1.40. The van der Waals surface area contributed by atoms with Gasteiger partial charge in [0.2, 0.25) is 5.88 Å². The van der Waals surface area contributed by atoms with Crippen LogP contribution in [0.15, 0.2) is 10.6 Å². The molecule has 0 aliphatic carbocycles. The molecule has 17 heavy (non-hydrogen) atoms. The second kappa shape index (κ2) is 3.73. The average molecular weight is 260 g/mol. The number of carboxylic acids is 1. The van der Waals surface area contributed by atoms with Crippen molar-refractivity contribution in [1.82, 2.24) is 5.16 Å². The lowest BCUT2D eigenvalue weighted by Crippen LogP contribution is -2.43. The highest BCUT2D eigenvalue weighted by molar-refractivity contribution is 7.91. The van der Waals surface area contributed by atoms with Gasteiger partial charge in [-0.05, 0) is 12.8 Å². The molecule has 0 atom stereocenters. The van der Waals surface area contributed by atoms with Gasteiger partial charge in [-0.1, -0.05) is 5.16 Å². The van der Waals surface area contributed by atoms with Crippen molar-refractivity contribution in [3.05, 3.63) is 11.8 Å². The quantitative estimate of drug-likeness (QED) is 0.753. The van der Waals surface area contributed by atoms with Gasteiger partial charge in [-0.25, -0.2) is 8.42 Å². The molecule has 0 amide bonds. The third kappa shape index (κ3) is 1.99. The molecular weight excluding hydrogens is 248 g/mol. The summed E-state index contributed by atoms with van der Waals surface area (Å²) >= 11 is 0. The van der Waals surface area contributed by atoms with Crippen molar-refractivity contribution < 1.29 is 22.8 Å². The minimum absolute atomic E-state index is 0.00333. The van der Waals surface area contributed by atoms with Gasteiger partial charge in [-0.2, -0.15) is 0 Å². The normalized spacial score (nSPS) is 22.1. The highest BCUT2D eigenvalue weighted by atomic mass is 32.2. The Labute approximate surface area is 97.5 Å². The number of sulfone groups is 1. The molecule has 8 heteroatoms. The van der Waals surface area contributed by atoms with E-state index in [1.807, 2.05) is 0 Å². The van der Waals surface area contributed by atoms with Gasteiger partial charge >= 0.3 is 5.97 Å². The standard InChI is InChI=1S/C9H12N2O5S/c10-7-5-6(11-16-7)9(8(12)13)1-3-17(14,15)4-2-9/h5H,1-4,10H2,(H,12,13). The molecule has 2 heterocycles. The number of carboxylic acid groups (broad SMARTS) is 1. The van der Waals surface area contributed by atoms with Crippen LogP contribution >= 0.6 is 0 Å². The SMILES string of the molecule is Nc1cc(C2(C(=O)O)CCS(=O)(=O)CC2)no1. The number of hydrogen-bond donors (Lipinski definition) is 2.